The van der Waals surface area contributed by atoms with Gasteiger partial charge in [-0.3, -0.25) is 9.69 Å². The molecule has 0 aliphatic heterocycles. The highest BCUT2D eigenvalue weighted by Gasteiger charge is 2.15. The number of nitrogens with zero attached hydrogens (tertiary/aromatic N) is 1. The maximum Gasteiger partial charge on any atom is 0.234 e. The molecule has 0 bridgehead atoms. The molecular weight excluding hydrogens is 432 g/mol. The number of hydrogen-bond acceptors (Lipinski definition) is 6. The molecule has 0 atom stereocenters. The van der Waals surface area contributed by atoms with Crippen LogP contribution < -0.4 is 14.8 Å². The molecule has 0 spiro atoms. The van der Waals surface area contributed by atoms with Gasteiger partial charge in [0.1, 0.15) is 18.1 Å². The number of nitrogens with one attached hydrogen (secondary N) is 1. The zero-order chi connectivity index (χ0) is 23.6. The topological polar surface area (TPSA) is 77.1 Å². The first-order valence-corrected chi connectivity index (χ1v) is 11.1. The second-order valence-electron chi connectivity index (χ2n) is 7.84. The number of benzene rings is 2. The molecule has 0 aliphatic carbocycles. The molecule has 34 heavy (non-hydrogen) atoms. The Labute approximate surface area is 198 Å². The van der Waals surface area contributed by atoms with Crippen LogP contribution in [0.25, 0.3) is 0 Å². The number of carbonyl (C=O) groups is 1. The van der Waals surface area contributed by atoms with Gasteiger partial charge < -0.3 is 23.6 Å². The maximum atomic E-state index is 12.7. The smallest absolute Gasteiger partial charge is 0.234 e. The summed E-state index contributed by atoms with van der Waals surface area (Å²) < 4.78 is 22.3. The van der Waals surface area contributed by atoms with E-state index >= 15 is 0 Å². The quantitative estimate of drug-likeness (QED) is 0.328. The molecule has 0 saturated heterocycles. The average Bonchev–Trinajstić information content (AvgIpc) is 3.57. The molecule has 0 fully saturated rings. The van der Waals surface area contributed by atoms with Crippen LogP contribution in [0.3, 0.4) is 0 Å². The Morgan fingerprint density at radius 2 is 1.56 bits per heavy atom. The van der Waals surface area contributed by atoms with Gasteiger partial charge in [0, 0.05) is 6.54 Å². The van der Waals surface area contributed by atoms with E-state index in [2.05, 4.69) is 5.32 Å². The normalized spacial score (nSPS) is 10.9. The van der Waals surface area contributed by atoms with Gasteiger partial charge in [0.25, 0.3) is 0 Å². The maximum absolute atomic E-state index is 12.7. The Balaban J connectivity index is 1.32. The van der Waals surface area contributed by atoms with Crippen LogP contribution in [0, 0.1) is 0 Å². The summed E-state index contributed by atoms with van der Waals surface area (Å²) in [4.78, 5) is 14.7. The number of ether oxygens (including phenoxy) is 2. The van der Waals surface area contributed by atoms with Gasteiger partial charge in [-0.1, -0.05) is 36.4 Å². The number of furan rings is 2. The van der Waals surface area contributed by atoms with Crippen LogP contribution in [-0.4, -0.2) is 24.5 Å². The van der Waals surface area contributed by atoms with Crippen molar-refractivity contribution >= 4 is 5.91 Å². The van der Waals surface area contributed by atoms with E-state index in [-0.39, 0.29) is 12.5 Å². The Kier molecular flexibility index (Phi) is 8.03. The summed E-state index contributed by atoms with van der Waals surface area (Å²) in [6, 6.07) is 23.1. The molecule has 0 aliphatic rings. The summed E-state index contributed by atoms with van der Waals surface area (Å²) in [5.41, 5.74) is 2.00. The first-order chi connectivity index (χ1) is 16.7. The van der Waals surface area contributed by atoms with E-state index in [1.54, 1.807) is 19.6 Å². The SMILES string of the molecule is COc1cc(CNC(=O)CN(Cc2ccco2)Cc2ccco2)ccc1OCc1ccccc1. The van der Waals surface area contributed by atoms with Gasteiger partial charge in [-0.2, -0.15) is 0 Å². The molecule has 2 aromatic carbocycles. The number of hydrogen-bond donors (Lipinski definition) is 1. The van der Waals surface area contributed by atoms with Crippen molar-refractivity contribution in [1.82, 2.24) is 10.2 Å². The van der Waals surface area contributed by atoms with Gasteiger partial charge in [0.15, 0.2) is 11.5 Å². The number of carbonyl (C=O) groups excluding carboxylic acids is 1. The number of methoxy groups -OCH3 is 1. The van der Waals surface area contributed by atoms with Crippen molar-refractivity contribution in [3.63, 3.8) is 0 Å². The highest BCUT2D eigenvalue weighted by molar-refractivity contribution is 5.78. The minimum atomic E-state index is -0.0958. The van der Waals surface area contributed by atoms with Gasteiger partial charge in [-0.25, -0.2) is 0 Å². The Bertz CT molecular complexity index is 1110. The van der Waals surface area contributed by atoms with Crippen molar-refractivity contribution in [3.05, 3.63) is 108 Å². The van der Waals surface area contributed by atoms with Crippen LogP contribution in [-0.2, 0) is 31.0 Å². The van der Waals surface area contributed by atoms with Crippen molar-refractivity contribution in [2.24, 2.45) is 0 Å². The molecule has 0 saturated carbocycles. The lowest BCUT2D eigenvalue weighted by Gasteiger charge is -2.19. The molecule has 2 aromatic heterocycles. The number of rotatable bonds is 12. The van der Waals surface area contributed by atoms with Gasteiger partial charge in [-0.15, -0.1) is 0 Å². The van der Waals surface area contributed by atoms with E-state index in [9.17, 15) is 4.79 Å². The van der Waals surface area contributed by atoms with Crippen molar-refractivity contribution in [3.8, 4) is 11.5 Å². The molecule has 1 N–H and O–H groups in total. The third kappa shape index (κ3) is 6.76. The van der Waals surface area contributed by atoms with E-state index in [1.807, 2.05) is 77.7 Å². The molecular formula is C27H28N2O5. The molecule has 4 rings (SSSR count). The lowest BCUT2D eigenvalue weighted by Crippen LogP contribution is -2.36. The summed E-state index contributed by atoms with van der Waals surface area (Å²) >= 11 is 0. The third-order valence-electron chi connectivity index (χ3n) is 5.24. The summed E-state index contributed by atoms with van der Waals surface area (Å²) in [6.45, 7) is 2.04. The molecule has 7 nitrogen and oxygen atoms in total. The lowest BCUT2D eigenvalue weighted by atomic mass is 10.2. The van der Waals surface area contributed by atoms with E-state index in [1.165, 1.54) is 0 Å². The van der Waals surface area contributed by atoms with Crippen molar-refractivity contribution in [2.45, 2.75) is 26.2 Å². The van der Waals surface area contributed by atoms with E-state index in [4.69, 9.17) is 18.3 Å². The molecule has 176 valence electrons. The Hall–Kier alpha value is -3.97. The first kappa shape index (κ1) is 23.2. The second kappa shape index (κ2) is 11.8. The fraction of sp³-hybridized carbons (Fsp3) is 0.222. The molecule has 2 heterocycles. The highest BCUT2D eigenvalue weighted by atomic mass is 16.5. The Morgan fingerprint density at radius 3 is 2.18 bits per heavy atom. The summed E-state index contributed by atoms with van der Waals surface area (Å²) in [5.74, 6) is 2.76. The molecule has 7 heteroatoms. The monoisotopic (exact) mass is 460 g/mol. The van der Waals surface area contributed by atoms with Gasteiger partial charge in [-0.05, 0) is 47.5 Å². The van der Waals surface area contributed by atoms with Gasteiger partial charge >= 0.3 is 0 Å². The zero-order valence-corrected chi connectivity index (χ0v) is 19.1. The van der Waals surface area contributed by atoms with Crippen molar-refractivity contribution in [1.29, 1.82) is 0 Å². The van der Waals surface area contributed by atoms with E-state index in [0.717, 1.165) is 22.6 Å². The third-order valence-corrected chi connectivity index (χ3v) is 5.24. The molecule has 4 aromatic rings. The zero-order valence-electron chi connectivity index (χ0n) is 19.1. The highest BCUT2D eigenvalue weighted by Crippen LogP contribution is 2.29. The van der Waals surface area contributed by atoms with Crippen LogP contribution in [0.1, 0.15) is 22.6 Å². The summed E-state index contributed by atoms with van der Waals surface area (Å²) in [5, 5.41) is 2.98. The Morgan fingerprint density at radius 1 is 0.853 bits per heavy atom. The average molecular weight is 461 g/mol. The minimum absolute atomic E-state index is 0.0958. The molecule has 0 unspecified atom stereocenters. The van der Waals surface area contributed by atoms with Crippen LogP contribution >= 0.6 is 0 Å². The van der Waals surface area contributed by atoms with Crippen LogP contribution in [0.2, 0.25) is 0 Å². The molecule has 0 radical (unpaired) electrons. The first-order valence-electron chi connectivity index (χ1n) is 11.1. The standard InChI is InChI=1S/C27H28N2O5/c1-31-26-15-22(11-12-25(26)34-20-21-7-3-2-4-8-21)16-28-27(30)19-29(17-23-9-5-13-32-23)18-24-10-6-14-33-24/h2-15H,16-20H2,1H3,(H,28,30). The summed E-state index contributed by atoms with van der Waals surface area (Å²) in [6.07, 6.45) is 3.25. The van der Waals surface area contributed by atoms with Crippen LogP contribution in [0.15, 0.2) is 94.2 Å². The molecule has 1 amide bonds. The second-order valence-corrected chi connectivity index (χ2v) is 7.84. The van der Waals surface area contributed by atoms with E-state index in [0.29, 0.717) is 37.7 Å². The fourth-order valence-corrected chi connectivity index (χ4v) is 3.55. The number of amides is 1. The van der Waals surface area contributed by atoms with Crippen LogP contribution in [0.5, 0.6) is 11.5 Å². The predicted octanol–water partition coefficient (Wildman–Crippen LogP) is 4.78. The van der Waals surface area contributed by atoms with E-state index < -0.39 is 0 Å². The van der Waals surface area contributed by atoms with Crippen molar-refractivity contribution in [2.75, 3.05) is 13.7 Å². The van der Waals surface area contributed by atoms with Crippen molar-refractivity contribution < 1.29 is 23.1 Å². The predicted molar refractivity (Wildman–Crippen MR) is 127 cm³/mol. The van der Waals surface area contributed by atoms with Gasteiger partial charge in [0.05, 0.1) is 39.3 Å². The lowest BCUT2D eigenvalue weighted by molar-refractivity contribution is -0.122. The van der Waals surface area contributed by atoms with Gasteiger partial charge in [0.2, 0.25) is 5.91 Å². The van der Waals surface area contributed by atoms with Crippen LogP contribution in [0.4, 0.5) is 0 Å². The fourth-order valence-electron chi connectivity index (χ4n) is 3.55. The summed E-state index contributed by atoms with van der Waals surface area (Å²) in [7, 11) is 1.61. The largest absolute Gasteiger partial charge is 0.493 e. The minimum Gasteiger partial charge on any atom is -0.493 e.